The summed E-state index contributed by atoms with van der Waals surface area (Å²) in [5.74, 6) is 0.668. The first kappa shape index (κ1) is 20.3. The van der Waals surface area contributed by atoms with E-state index in [1.165, 1.54) is 12.3 Å². The zero-order chi connectivity index (χ0) is 19.5. The topological polar surface area (TPSA) is 101 Å². The summed E-state index contributed by atoms with van der Waals surface area (Å²) in [5.41, 5.74) is 1.07. The van der Waals surface area contributed by atoms with Gasteiger partial charge in [-0.25, -0.2) is 0 Å². The van der Waals surface area contributed by atoms with Gasteiger partial charge < -0.3 is 24.9 Å². The molecule has 0 saturated heterocycles. The Bertz CT molecular complexity index is 755. The van der Waals surface area contributed by atoms with Crippen LogP contribution in [0.4, 0.5) is 0 Å². The van der Waals surface area contributed by atoms with Crippen molar-refractivity contribution in [3.8, 4) is 5.75 Å². The third kappa shape index (κ3) is 8.24. The van der Waals surface area contributed by atoms with E-state index in [4.69, 9.17) is 9.15 Å². The molecule has 1 aromatic heterocycles. The number of furan rings is 1. The minimum atomic E-state index is -0.819. The number of hydrogen-bond donors (Lipinski definition) is 3. The van der Waals surface area contributed by atoms with Gasteiger partial charge in [-0.05, 0) is 42.8 Å². The molecule has 0 bridgehead atoms. The van der Waals surface area contributed by atoms with E-state index >= 15 is 0 Å². The second-order valence-corrected chi connectivity index (χ2v) is 5.98. The molecule has 0 saturated carbocycles. The number of ether oxygens (including phenoxy) is 1. The Kier molecular flexibility index (Phi) is 8.12. The minimum absolute atomic E-state index is 0.0803. The van der Waals surface area contributed by atoms with Crippen LogP contribution in [0.5, 0.6) is 5.75 Å². The molecule has 27 heavy (non-hydrogen) atoms. The standard InChI is InChI=1S/C20H24N2O5/c1-15-4-2-5-18(12-15)27-14-16(23)13-22-20(25)9-10-21-19(24)8-7-17-6-3-11-26-17/h2-8,11-12,16,23H,9-10,13-14H2,1H3,(H,21,24)(H,22,25)/b8-7+. The molecule has 2 amide bonds. The van der Waals surface area contributed by atoms with Gasteiger partial charge in [-0.15, -0.1) is 0 Å². The van der Waals surface area contributed by atoms with Gasteiger partial charge in [0.15, 0.2) is 0 Å². The number of benzene rings is 1. The molecule has 1 atom stereocenters. The van der Waals surface area contributed by atoms with Gasteiger partial charge in [0.1, 0.15) is 24.2 Å². The second kappa shape index (κ2) is 10.8. The Balaban J connectivity index is 1.56. The maximum Gasteiger partial charge on any atom is 0.244 e. The highest BCUT2D eigenvalue weighted by Gasteiger charge is 2.08. The predicted molar refractivity (Wildman–Crippen MR) is 101 cm³/mol. The highest BCUT2D eigenvalue weighted by atomic mass is 16.5. The van der Waals surface area contributed by atoms with E-state index in [0.29, 0.717) is 11.5 Å². The van der Waals surface area contributed by atoms with Gasteiger partial charge >= 0.3 is 0 Å². The first-order valence-corrected chi connectivity index (χ1v) is 8.66. The van der Waals surface area contributed by atoms with Crippen molar-refractivity contribution in [1.82, 2.24) is 10.6 Å². The zero-order valence-corrected chi connectivity index (χ0v) is 15.2. The Hall–Kier alpha value is -3.06. The maximum absolute atomic E-state index is 11.7. The molecule has 1 aromatic carbocycles. The van der Waals surface area contributed by atoms with Gasteiger partial charge in [-0.3, -0.25) is 9.59 Å². The predicted octanol–water partition coefficient (Wildman–Crippen LogP) is 1.66. The van der Waals surface area contributed by atoms with Gasteiger partial charge in [0.05, 0.1) is 6.26 Å². The molecular formula is C20H24N2O5. The monoisotopic (exact) mass is 372 g/mol. The first-order chi connectivity index (χ1) is 13.0. The van der Waals surface area contributed by atoms with Gasteiger partial charge in [0.2, 0.25) is 11.8 Å². The third-order valence-electron chi connectivity index (χ3n) is 3.56. The van der Waals surface area contributed by atoms with Crippen molar-refractivity contribution in [1.29, 1.82) is 0 Å². The lowest BCUT2D eigenvalue weighted by Gasteiger charge is -2.13. The molecule has 0 fully saturated rings. The lowest BCUT2D eigenvalue weighted by molar-refractivity contribution is -0.121. The number of aliphatic hydroxyl groups is 1. The molecule has 7 heteroatoms. The van der Waals surface area contributed by atoms with E-state index in [1.54, 1.807) is 24.3 Å². The fourth-order valence-electron chi connectivity index (χ4n) is 2.18. The van der Waals surface area contributed by atoms with Crippen molar-refractivity contribution in [3.63, 3.8) is 0 Å². The van der Waals surface area contributed by atoms with Crippen molar-refractivity contribution in [3.05, 3.63) is 60.1 Å². The van der Waals surface area contributed by atoms with Crippen molar-refractivity contribution in [2.75, 3.05) is 19.7 Å². The third-order valence-corrected chi connectivity index (χ3v) is 3.56. The molecule has 0 aliphatic rings. The molecule has 0 aliphatic carbocycles. The fourth-order valence-corrected chi connectivity index (χ4v) is 2.18. The number of rotatable bonds is 10. The number of carbonyl (C=O) groups is 2. The molecule has 0 radical (unpaired) electrons. The Morgan fingerprint density at radius 3 is 2.85 bits per heavy atom. The maximum atomic E-state index is 11.7. The van der Waals surface area contributed by atoms with Crippen molar-refractivity contribution >= 4 is 17.9 Å². The van der Waals surface area contributed by atoms with Gasteiger partial charge in [-0.1, -0.05) is 12.1 Å². The fraction of sp³-hybridized carbons (Fsp3) is 0.300. The van der Waals surface area contributed by atoms with Gasteiger partial charge in [0, 0.05) is 25.6 Å². The van der Waals surface area contributed by atoms with E-state index in [-0.39, 0.29) is 37.9 Å². The van der Waals surface area contributed by atoms with Crippen LogP contribution in [0.1, 0.15) is 17.7 Å². The molecule has 144 valence electrons. The largest absolute Gasteiger partial charge is 0.491 e. The quantitative estimate of drug-likeness (QED) is 0.551. The van der Waals surface area contributed by atoms with Crippen LogP contribution in [-0.4, -0.2) is 42.7 Å². The molecule has 1 heterocycles. The summed E-state index contributed by atoms with van der Waals surface area (Å²) in [6.07, 6.45) is 3.69. The van der Waals surface area contributed by atoms with Crippen LogP contribution in [0.15, 0.2) is 53.2 Å². The molecule has 7 nitrogen and oxygen atoms in total. The van der Waals surface area contributed by atoms with Gasteiger partial charge in [0.25, 0.3) is 0 Å². The zero-order valence-electron chi connectivity index (χ0n) is 15.2. The number of aryl methyl sites for hydroxylation is 1. The number of aliphatic hydroxyl groups excluding tert-OH is 1. The first-order valence-electron chi connectivity index (χ1n) is 8.66. The highest BCUT2D eigenvalue weighted by Crippen LogP contribution is 2.12. The van der Waals surface area contributed by atoms with Crippen LogP contribution in [0.3, 0.4) is 0 Å². The SMILES string of the molecule is Cc1cccc(OCC(O)CNC(=O)CCNC(=O)/C=C/c2ccco2)c1. The molecule has 2 rings (SSSR count). The van der Waals surface area contributed by atoms with Crippen LogP contribution in [0, 0.1) is 6.92 Å². The van der Waals surface area contributed by atoms with Crippen LogP contribution >= 0.6 is 0 Å². The number of nitrogens with one attached hydrogen (secondary N) is 2. The number of hydrogen-bond acceptors (Lipinski definition) is 5. The summed E-state index contributed by atoms with van der Waals surface area (Å²) in [7, 11) is 0. The average Bonchev–Trinajstić information content (AvgIpc) is 3.17. The second-order valence-electron chi connectivity index (χ2n) is 5.98. The van der Waals surface area contributed by atoms with E-state index in [2.05, 4.69) is 10.6 Å². The Morgan fingerprint density at radius 2 is 2.11 bits per heavy atom. The molecule has 0 spiro atoms. The van der Waals surface area contributed by atoms with Crippen LogP contribution < -0.4 is 15.4 Å². The van der Waals surface area contributed by atoms with E-state index < -0.39 is 6.10 Å². The summed E-state index contributed by atoms with van der Waals surface area (Å²) < 4.78 is 10.5. The summed E-state index contributed by atoms with van der Waals surface area (Å²) in [4.78, 5) is 23.3. The van der Waals surface area contributed by atoms with Crippen molar-refractivity contribution in [2.45, 2.75) is 19.4 Å². The highest BCUT2D eigenvalue weighted by molar-refractivity contribution is 5.91. The molecule has 2 aromatic rings. The number of amides is 2. The molecule has 1 unspecified atom stereocenters. The molecule has 0 aliphatic heterocycles. The Labute approximate surface area is 158 Å². The average molecular weight is 372 g/mol. The van der Waals surface area contributed by atoms with E-state index in [1.807, 2.05) is 25.1 Å². The van der Waals surface area contributed by atoms with Crippen LogP contribution in [0.25, 0.3) is 6.08 Å². The summed E-state index contributed by atoms with van der Waals surface area (Å²) in [6.45, 7) is 2.31. The van der Waals surface area contributed by atoms with Crippen LogP contribution in [-0.2, 0) is 9.59 Å². The van der Waals surface area contributed by atoms with Gasteiger partial charge in [-0.2, -0.15) is 0 Å². The summed E-state index contributed by atoms with van der Waals surface area (Å²) in [6, 6.07) is 11.0. The van der Waals surface area contributed by atoms with Crippen molar-refractivity contribution in [2.24, 2.45) is 0 Å². The summed E-state index contributed by atoms with van der Waals surface area (Å²) >= 11 is 0. The number of carbonyl (C=O) groups excluding carboxylic acids is 2. The molecular weight excluding hydrogens is 348 g/mol. The molecule has 3 N–H and O–H groups in total. The normalized spacial score (nSPS) is 11.9. The lowest BCUT2D eigenvalue weighted by atomic mass is 10.2. The van der Waals surface area contributed by atoms with E-state index in [0.717, 1.165) is 5.56 Å². The Morgan fingerprint density at radius 1 is 1.26 bits per heavy atom. The minimum Gasteiger partial charge on any atom is -0.491 e. The van der Waals surface area contributed by atoms with Crippen molar-refractivity contribution < 1.29 is 23.8 Å². The summed E-state index contributed by atoms with van der Waals surface area (Å²) in [5, 5.41) is 15.1. The smallest absolute Gasteiger partial charge is 0.244 e. The lowest BCUT2D eigenvalue weighted by Crippen LogP contribution is -2.36. The van der Waals surface area contributed by atoms with Crippen LogP contribution in [0.2, 0.25) is 0 Å². The van der Waals surface area contributed by atoms with E-state index in [9.17, 15) is 14.7 Å².